The molecule has 0 amide bonds. The van der Waals surface area contributed by atoms with E-state index < -0.39 is 0 Å². The van der Waals surface area contributed by atoms with E-state index >= 15 is 0 Å². The lowest BCUT2D eigenvalue weighted by molar-refractivity contribution is 0.380. The quantitative estimate of drug-likeness (QED) is 0.909. The minimum Gasteiger partial charge on any atom is -0.467 e. The maximum Gasteiger partial charge on any atom is 0.318 e. The number of hydrogen-bond donors (Lipinski definition) is 1. The zero-order chi connectivity index (χ0) is 11.4. The predicted molar refractivity (Wildman–Crippen MR) is 63.0 cm³/mol. The molecule has 16 heavy (non-hydrogen) atoms. The molecule has 0 radical (unpaired) electrons. The van der Waals surface area contributed by atoms with Gasteiger partial charge in [0.05, 0.1) is 25.4 Å². The Hall–Kier alpha value is -1.40. The van der Waals surface area contributed by atoms with Gasteiger partial charge in [-0.2, -0.15) is 4.98 Å². The first kappa shape index (κ1) is 11.1. The Labute approximate surface area is 101 Å². The number of thiazole rings is 1. The molecule has 0 aliphatic heterocycles. The van der Waals surface area contributed by atoms with Crippen molar-refractivity contribution in [1.29, 1.82) is 0 Å². The fourth-order valence-electron chi connectivity index (χ4n) is 1.07. The van der Waals surface area contributed by atoms with Crippen LogP contribution >= 0.6 is 22.9 Å². The molecular formula is C9H9ClN4OS. The van der Waals surface area contributed by atoms with Crippen LogP contribution in [0, 0.1) is 0 Å². The Morgan fingerprint density at radius 3 is 3.06 bits per heavy atom. The van der Waals surface area contributed by atoms with Gasteiger partial charge in [-0.05, 0) is 0 Å². The van der Waals surface area contributed by atoms with Gasteiger partial charge in [-0.3, -0.25) is 4.98 Å². The summed E-state index contributed by atoms with van der Waals surface area (Å²) in [5, 5.41) is 3.56. The lowest BCUT2D eigenvalue weighted by atomic mass is 10.5. The number of hydrogen-bond acceptors (Lipinski definition) is 6. The summed E-state index contributed by atoms with van der Waals surface area (Å²) >= 11 is 7.50. The van der Waals surface area contributed by atoms with E-state index in [0.717, 1.165) is 4.88 Å². The fourth-order valence-corrected chi connectivity index (χ4v) is 1.77. The SMILES string of the molecule is COc1ncc(Cl)c(NCc2cncs2)n1. The summed E-state index contributed by atoms with van der Waals surface area (Å²) in [6, 6.07) is 0.288. The highest BCUT2D eigenvalue weighted by Crippen LogP contribution is 2.21. The Morgan fingerprint density at radius 2 is 2.38 bits per heavy atom. The topological polar surface area (TPSA) is 59.9 Å². The van der Waals surface area contributed by atoms with Gasteiger partial charge in [0.25, 0.3) is 0 Å². The molecule has 0 aromatic carbocycles. The lowest BCUT2D eigenvalue weighted by Gasteiger charge is -2.06. The molecule has 1 N–H and O–H groups in total. The molecule has 7 heteroatoms. The number of halogens is 1. The summed E-state index contributed by atoms with van der Waals surface area (Å²) in [5.74, 6) is 0.557. The van der Waals surface area contributed by atoms with E-state index in [1.54, 1.807) is 23.0 Å². The van der Waals surface area contributed by atoms with Crippen LogP contribution < -0.4 is 10.1 Å². The van der Waals surface area contributed by atoms with Gasteiger partial charge in [0.2, 0.25) is 0 Å². The lowest BCUT2D eigenvalue weighted by Crippen LogP contribution is -2.02. The molecule has 5 nitrogen and oxygen atoms in total. The van der Waals surface area contributed by atoms with Crippen molar-refractivity contribution in [3.05, 3.63) is 27.8 Å². The largest absolute Gasteiger partial charge is 0.467 e. The van der Waals surface area contributed by atoms with Crippen LogP contribution in [0.4, 0.5) is 5.82 Å². The van der Waals surface area contributed by atoms with Crippen LogP contribution in [0.1, 0.15) is 4.88 Å². The number of methoxy groups -OCH3 is 1. The van der Waals surface area contributed by atoms with Crippen LogP contribution in [-0.2, 0) is 6.54 Å². The summed E-state index contributed by atoms with van der Waals surface area (Å²) in [7, 11) is 1.51. The third-order valence-electron chi connectivity index (χ3n) is 1.82. The average molecular weight is 257 g/mol. The molecule has 0 atom stereocenters. The third-order valence-corrected chi connectivity index (χ3v) is 2.87. The first-order valence-corrected chi connectivity index (χ1v) is 5.73. The minimum atomic E-state index is 0.288. The molecule has 0 spiro atoms. The number of anilines is 1. The van der Waals surface area contributed by atoms with Crippen molar-refractivity contribution >= 4 is 28.8 Å². The molecule has 2 heterocycles. The average Bonchev–Trinajstić information content (AvgIpc) is 2.81. The number of nitrogens with one attached hydrogen (secondary N) is 1. The smallest absolute Gasteiger partial charge is 0.318 e. The van der Waals surface area contributed by atoms with Crippen LogP contribution in [0.15, 0.2) is 17.9 Å². The van der Waals surface area contributed by atoms with E-state index in [0.29, 0.717) is 17.4 Å². The second-order valence-corrected chi connectivity index (χ2v) is 4.25. The predicted octanol–water partition coefficient (Wildman–Crippen LogP) is 2.21. The molecule has 0 fully saturated rings. The highest BCUT2D eigenvalue weighted by molar-refractivity contribution is 7.09. The Balaban J connectivity index is 2.08. The highest BCUT2D eigenvalue weighted by atomic mass is 35.5. The summed E-state index contributed by atoms with van der Waals surface area (Å²) in [4.78, 5) is 13.1. The molecule has 0 saturated carbocycles. The maximum absolute atomic E-state index is 5.94. The van der Waals surface area contributed by atoms with Crippen molar-refractivity contribution in [3.8, 4) is 6.01 Å². The Morgan fingerprint density at radius 1 is 1.50 bits per heavy atom. The summed E-state index contributed by atoms with van der Waals surface area (Å²) in [5.41, 5.74) is 1.78. The normalized spacial score (nSPS) is 10.1. The molecule has 0 aliphatic carbocycles. The van der Waals surface area contributed by atoms with E-state index in [1.165, 1.54) is 13.3 Å². The molecule has 0 unspecified atom stereocenters. The van der Waals surface area contributed by atoms with Crippen molar-refractivity contribution in [2.75, 3.05) is 12.4 Å². The zero-order valence-electron chi connectivity index (χ0n) is 8.48. The third kappa shape index (κ3) is 2.59. The minimum absolute atomic E-state index is 0.288. The van der Waals surface area contributed by atoms with Crippen LogP contribution in [0.5, 0.6) is 6.01 Å². The monoisotopic (exact) mass is 256 g/mol. The molecule has 2 aromatic rings. The zero-order valence-corrected chi connectivity index (χ0v) is 10.0. The van der Waals surface area contributed by atoms with Gasteiger partial charge in [0.15, 0.2) is 5.82 Å². The van der Waals surface area contributed by atoms with Gasteiger partial charge < -0.3 is 10.1 Å². The van der Waals surface area contributed by atoms with Crippen molar-refractivity contribution in [2.45, 2.75) is 6.54 Å². The number of ether oxygens (including phenoxy) is 1. The van der Waals surface area contributed by atoms with Gasteiger partial charge in [-0.15, -0.1) is 11.3 Å². The summed E-state index contributed by atoms with van der Waals surface area (Å²) in [6.07, 6.45) is 3.30. The van der Waals surface area contributed by atoms with E-state index in [-0.39, 0.29) is 6.01 Å². The highest BCUT2D eigenvalue weighted by Gasteiger charge is 2.05. The molecule has 2 rings (SSSR count). The van der Waals surface area contributed by atoms with Gasteiger partial charge in [0.1, 0.15) is 5.02 Å². The molecule has 84 valence electrons. The Kier molecular flexibility index (Phi) is 3.53. The first-order chi connectivity index (χ1) is 7.79. The van der Waals surface area contributed by atoms with Crippen LogP contribution in [0.25, 0.3) is 0 Å². The maximum atomic E-state index is 5.94. The van der Waals surface area contributed by atoms with Crippen molar-refractivity contribution in [3.63, 3.8) is 0 Å². The standard InChI is InChI=1S/C9H9ClN4OS/c1-15-9-13-4-7(10)8(14-9)12-3-6-2-11-5-16-6/h2,4-5H,3H2,1H3,(H,12,13,14). The second kappa shape index (κ2) is 5.09. The van der Waals surface area contributed by atoms with E-state index in [1.807, 2.05) is 0 Å². The molecule has 0 saturated heterocycles. The van der Waals surface area contributed by atoms with Gasteiger partial charge in [0, 0.05) is 11.1 Å². The molecule has 2 aromatic heterocycles. The van der Waals surface area contributed by atoms with E-state index in [2.05, 4.69) is 20.3 Å². The molecule has 0 aliphatic rings. The number of rotatable bonds is 4. The fraction of sp³-hybridized carbons (Fsp3) is 0.222. The van der Waals surface area contributed by atoms with E-state index in [4.69, 9.17) is 16.3 Å². The van der Waals surface area contributed by atoms with Crippen molar-refractivity contribution in [2.24, 2.45) is 0 Å². The molecule has 0 bridgehead atoms. The van der Waals surface area contributed by atoms with E-state index in [9.17, 15) is 0 Å². The van der Waals surface area contributed by atoms with Crippen LogP contribution in [-0.4, -0.2) is 22.1 Å². The number of aromatic nitrogens is 3. The van der Waals surface area contributed by atoms with Gasteiger partial charge >= 0.3 is 6.01 Å². The van der Waals surface area contributed by atoms with Crippen LogP contribution in [0.2, 0.25) is 5.02 Å². The van der Waals surface area contributed by atoms with Gasteiger partial charge in [-0.1, -0.05) is 11.6 Å². The summed E-state index contributed by atoms with van der Waals surface area (Å²) in [6.45, 7) is 0.630. The van der Waals surface area contributed by atoms with Gasteiger partial charge in [-0.25, -0.2) is 4.98 Å². The van der Waals surface area contributed by atoms with Crippen molar-refractivity contribution in [1.82, 2.24) is 15.0 Å². The van der Waals surface area contributed by atoms with Crippen LogP contribution in [0.3, 0.4) is 0 Å². The second-order valence-electron chi connectivity index (χ2n) is 2.87. The summed E-state index contributed by atoms with van der Waals surface area (Å²) < 4.78 is 4.92. The Bertz CT molecular complexity index is 463. The molecular weight excluding hydrogens is 248 g/mol. The first-order valence-electron chi connectivity index (χ1n) is 4.47. The van der Waals surface area contributed by atoms with Crippen molar-refractivity contribution < 1.29 is 4.74 Å². The number of nitrogens with zero attached hydrogens (tertiary/aromatic N) is 3.